The van der Waals surface area contributed by atoms with Crippen LogP contribution in [0.2, 0.25) is 5.02 Å². The summed E-state index contributed by atoms with van der Waals surface area (Å²) in [6.45, 7) is 4.15. The van der Waals surface area contributed by atoms with Crippen molar-refractivity contribution in [2.75, 3.05) is 11.3 Å². The summed E-state index contributed by atoms with van der Waals surface area (Å²) in [5, 5.41) is 4.38. The molecule has 0 fully saturated rings. The summed E-state index contributed by atoms with van der Waals surface area (Å²) in [5.74, 6) is 1.20. The lowest BCUT2D eigenvalue weighted by Gasteiger charge is -2.12. The fourth-order valence-electron chi connectivity index (χ4n) is 2.36. The minimum atomic E-state index is -3.83. The van der Waals surface area contributed by atoms with Crippen LogP contribution in [0.15, 0.2) is 51.9 Å². The fraction of sp³-hybridized carbons (Fsp3) is 0.222. The molecule has 0 aliphatic heterocycles. The number of sulfonamides is 1. The average Bonchev–Trinajstić information content (AvgIpc) is 3.13. The first-order valence-corrected chi connectivity index (χ1v) is 10.2. The molecule has 2 aromatic carbocycles. The van der Waals surface area contributed by atoms with Crippen LogP contribution in [0.3, 0.4) is 0 Å². The van der Waals surface area contributed by atoms with Gasteiger partial charge in [0.2, 0.25) is 0 Å². The molecule has 0 bridgehead atoms. The molecule has 0 aliphatic carbocycles. The lowest BCUT2D eigenvalue weighted by molar-refractivity contribution is 0.339. The van der Waals surface area contributed by atoms with E-state index in [0.717, 1.165) is 0 Å². The predicted octanol–water partition coefficient (Wildman–Crippen LogP) is 4.15. The highest BCUT2D eigenvalue weighted by atomic mass is 35.5. The van der Waals surface area contributed by atoms with Gasteiger partial charge in [-0.15, -0.1) is 0 Å². The molecule has 7 nitrogen and oxygen atoms in total. The maximum absolute atomic E-state index is 12.7. The molecule has 142 valence electrons. The fourth-order valence-corrected chi connectivity index (χ4v) is 3.57. The quantitative estimate of drug-likeness (QED) is 0.632. The van der Waals surface area contributed by atoms with E-state index in [0.29, 0.717) is 40.9 Å². The van der Waals surface area contributed by atoms with Gasteiger partial charge in [-0.05, 0) is 49.4 Å². The molecule has 0 aliphatic rings. The highest BCUT2D eigenvalue weighted by Crippen LogP contribution is 2.32. The highest BCUT2D eigenvalue weighted by Gasteiger charge is 2.20. The number of rotatable bonds is 7. The zero-order valence-corrected chi connectivity index (χ0v) is 16.3. The van der Waals surface area contributed by atoms with Gasteiger partial charge in [0.15, 0.2) is 5.82 Å². The van der Waals surface area contributed by atoms with Crippen LogP contribution in [0.25, 0.3) is 11.5 Å². The lowest BCUT2D eigenvalue weighted by Crippen LogP contribution is -2.13. The van der Waals surface area contributed by atoms with E-state index >= 15 is 0 Å². The summed E-state index contributed by atoms with van der Waals surface area (Å²) in [5.41, 5.74) is 0.823. The summed E-state index contributed by atoms with van der Waals surface area (Å²) in [4.78, 5) is 4.32. The molecule has 0 unspecified atom stereocenters. The van der Waals surface area contributed by atoms with Crippen LogP contribution in [0.4, 0.5) is 5.69 Å². The van der Waals surface area contributed by atoms with Gasteiger partial charge in [0.25, 0.3) is 15.9 Å². The normalized spacial score (nSPS) is 11.4. The Bertz CT molecular complexity index is 1030. The number of anilines is 1. The third kappa shape index (κ3) is 4.40. The molecular weight excluding hydrogens is 390 g/mol. The van der Waals surface area contributed by atoms with Crippen LogP contribution in [0.5, 0.6) is 5.75 Å². The Labute approximate surface area is 162 Å². The zero-order chi connectivity index (χ0) is 19.4. The second-order valence-corrected chi connectivity index (χ2v) is 7.69. The van der Waals surface area contributed by atoms with E-state index < -0.39 is 10.0 Å². The molecule has 0 radical (unpaired) electrons. The van der Waals surface area contributed by atoms with Gasteiger partial charge in [-0.2, -0.15) is 4.98 Å². The summed E-state index contributed by atoms with van der Waals surface area (Å²) in [7, 11) is -3.83. The second kappa shape index (κ2) is 7.98. The van der Waals surface area contributed by atoms with Crippen LogP contribution in [0.1, 0.15) is 19.7 Å². The molecule has 0 atom stereocenters. The Morgan fingerprint density at radius 2 is 1.89 bits per heavy atom. The SMILES string of the molecule is CCOc1ccc(S(=O)(=O)Nc2ccc(Cl)cc2)cc1-c1nc(CC)no1. The molecule has 3 rings (SSSR count). The summed E-state index contributed by atoms with van der Waals surface area (Å²) in [6.07, 6.45) is 0.601. The maximum atomic E-state index is 12.7. The minimum absolute atomic E-state index is 0.0483. The number of hydrogen-bond acceptors (Lipinski definition) is 6. The van der Waals surface area contributed by atoms with Gasteiger partial charge in [0.05, 0.1) is 17.1 Å². The second-order valence-electron chi connectivity index (χ2n) is 5.57. The predicted molar refractivity (Wildman–Crippen MR) is 103 cm³/mol. The third-order valence-corrected chi connectivity index (χ3v) is 5.30. The number of hydrogen-bond donors (Lipinski definition) is 1. The summed E-state index contributed by atoms with van der Waals surface area (Å²) in [6, 6.07) is 10.9. The molecule has 1 aromatic heterocycles. The largest absolute Gasteiger partial charge is 0.493 e. The number of aromatic nitrogens is 2. The van der Waals surface area contributed by atoms with Gasteiger partial charge in [-0.1, -0.05) is 23.7 Å². The molecule has 0 saturated carbocycles. The number of halogens is 1. The van der Waals surface area contributed by atoms with Crippen LogP contribution < -0.4 is 9.46 Å². The number of ether oxygens (including phenoxy) is 1. The number of nitrogens with zero attached hydrogens (tertiary/aromatic N) is 2. The lowest BCUT2D eigenvalue weighted by atomic mass is 10.2. The Balaban J connectivity index is 2.00. The monoisotopic (exact) mass is 407 g/mol. The Morgan fingerprint density at radius 1 is 1.15 bits per heavy atom. The van der Waals surface area contributed by atoms with E-state index in [4.69, 9.17) is 20.9 Å². The van der Waals surface area contributed by atoms with Crippen molar-refractivity contribution in [3.05, 3.63) is 53.3 Å². The third-order valence-electron chi connectivity index (χ3n) is 3.67. The molecule has 0 spiro atoms. The van der Waals surface area contributed by atoms with E-state index in [2.05, 4.69) is 14.9 Å². The van der Waals surface area contributed by atoms with Gasteiger partial charge in [-0.3, -0.25) is 4.72 Å². The molecule has 0 saturated heterocycles. The molecular formula is C18H18ClN3O4S. The summed E-state index contributed by atoms with van der Waals surface area (Å²) >= 11 is 5.84. The van der Waals surface area contributed by atoms with Crippen molar-refractivity contribution in [1.82, 2.24) is 10.1 Å². The minimum Gasteiger partial charge on any atom is -0.493 e. The van der Waals surface area contributed by atoms with E-state index in [1.165, 1.54) is 12.1 Å². The first kappa shape index (κ1) is 19.2. The van der Waals surface area contributed by atoms with Gasteiger partial charge in [0.1, 0.15) is 5.75 Å². The Morgan fingerprint density at radius 3 is 2.52 bits per heavy atom. The van der Waals surface area contributed by atoms with E-state index in [-0.39, 0.29) is 10.8 Å². The standard InChI is InChI=1S/C18H18ClN3O4S/c1-3-17-20-18(26-21-17)15-11-14(9-10-16(15)25-4-2)27(23,24)22-13-7-5-12(19)6-8-13/h5-11,22H,3-4H2,1-2H3. The molecule has 1 N–H and O–H groups in total. The average molecular weight is 408 g/mol. The molecule has 3 aromatic rings. The van der Waals surface area contributed by atoms with Crippen molar-refractivity contribution in [3.63, 3.8) is 0 Å². The first-order chi connectivity index (χ1) is 12.9. The first-order valence-electron chi connectivity index (χ1n) is 8.31. The van der Waals surface area contributed by atoms with Gasteiger partial charge in [0, 0.05) is 17.1 Å². The molecule has 9 heteroatoms. The van der Waals surface area contributed by atoms with Crippen molar-refractivity contribution in [1.29, 1.82) is 0 Å². The topological polar surface area (TPSA) is 94.3 Å². The number of nitrogens with one attached hydrogen (secondary N) is 1. The van der Waals surface area contributed by atoms with Crippen molar-refractivity contribution in [2.45, 2.75) is 25.2 Å². The van der Waals surface area contributed by atoms with Crippen LogP contribution >= 0.6 is 11.6 Å². The summed E-state index contributed by atoms with van der Waals surface area (Å²) < 4.78 is 38.8. The van der Waals surface area contributed by atoms with Crippen LogP contribution in [0, 0.1) is 0 Å². The molecule has 1 heterocycles. The maximum Gasteiger partial charge on any atom is 0.261 e. The van der Waals surface area contributed by atoms with Crippen molar-refractivity contribution in [3.8, 4) is 17.2 Å². The van der Waals surface area contributed by atoms with Crippen LogP contribution in [-0.2, 0) is 16.4 Å². The number of benzene rings is 2. The van der Waals surface area contributed by atoms with E-state index in [9.17, 15) is 8.42 Å². The highest BCUT2D eigenvalue weighted by molar-refractivity contribution is 7.92. The van der Waals surface area contributed by atoms with E-state index in [1.54, 1.807) is 30.3 Å². The van der Waals surface area contributed by atoms with Crippen molar-refractivity contribution >= 4 is 27.3 Å². The van der Waals surface area contributed by atoms with Gasteiger partial charge in [-0.25, -0.2) is 8.42 Å². The van der Waals surface area contributed by atoms with Crippen LogP contribution in [-0.4, -0.2) is 25.2 Å². The van der Waals surface area contributed by atoms with Gasteiger partial charge < -0.3 is 9.26 Å². The molecule has 0 amide bonds. The van der Waals surface area contributed by atoms with Gasteiger partial charge >= 0.3 is 0 Å². The smallest absolute Gasteiger partial charge is 0.261 e. The molecule has 27 heavy (non-hydrogen) atoms. The Hall–Kier alpha value is -2.58. The van der Waals surface area contributed by atoms with Crippen molar-refractivity contribution < 1.29 is 17.7 Å². The van der Waals surface area contributed by atoms with E-state index in [1.807, 2.05) is 13.8 Å². The Kier molecular flexibility index (Phi) is 5.67. The number of aryl methyl sites for hydroxylation is 1. The van der Waals surface area contributed by atoms with Crippen molar-refractivity contribution in [2.24, 2.45) is 0 Å². The zero-order valence-electron chi connectivity index (χ0n) is 14.8.